The number of hydrogen-bond donors (Lipinski definition) is 2. The Balaban J connectivity index is 1.83. The lowest BCUT2D eigenvalue weighted by Gasteiger charge is -2.18. The number of carbonyl (C=O) groups is 2. The van der Waals surface area contributed by atoms with E-state index in [0.717, 1.165) is 0 Å². The Morgan fingerprint density at radius 1 is 0.741 bits per heavy atom. The van der Waals surface area contributed by atoms with E-state index in [1.165, 1.54) is 0 Å². The SMILES string of the molecule is CC(NC(=S)CC(=S)NC(C)C(=O)c1ccccc1)C(=O)c1ccccc1. The maximum absolute atomic E-state index is 12.4. The molecular weight excluding hydrogens is 376 g/mol. The molecule has 0 aliphatic rings. The van der Waals surface area contributed by atoms with Crippen LogP contribution in [0.1, 0.15) is 41.0 Å². The number of carbonyl (C=O) groups excluding carboxylic acids is 2. The minimum atomic E-state index is -0.453. The van der Waals surface area contributed by atoms with Gasteiger partial charge in [-0.05, 0) is 13.8 Å². The molecule has 0 aliphatic heterocycles. The molecule has 140 valence electrons. The Hall–Kier alpha value is -2.44. The second-order valence-electron chi connectivity index (χ2n) is 6.22. The van der Waals surface area contributed by atoms with Crippen LogP contribution in [-0.2, 0) is 0 Å². The highest BCUT2D eigenvalue weighted by Gasteiger charge is 2.18. The first-order valence-corrected chi connectivity index (χ1v) is 9.47. The average Bonchev–Trinajstić information content (AvgIpc) is 2.67. The molecule has 0 aliphatic carbocycles. The first kappa shape index (κ1) is 20.9. The molecule has 4 nitrogen and oxygen atoms in total. The van der Waals surface area contributed by atoms with Crippen LogP contribution in [0.25, 0.3) is 0 Å². The Morgan fingerprint density at radius 2 is 1.07 bits per heavy atom. The van der Waals surface area contributed by atoms with E-state index in [1.54, 1.807) is 38.1 Å². The van der Waals surface area contributed by atoms with Gasteiger partial charge in [0.05, 0.1) is 22.1 Å². The fourth-order valence-corrected chi connectivity index (χ4v) is 3.30. The topological polar surface area (TPSA) is 58.2 Å². The monoisotopic (exact) mass is 398 g/mol. The highest BCUT2D eigenvalue weighted by atomic mass is 32.1. The molecule has 0 saturated carbocycles. The lowest BCUT2D eigenvalue weighted by Crippen LogP contribution is -2.42. The summed E-state index contributed by atoms with van der Waals surface area (Å²) in [6.45, 7) is 3.53. The smallest absolute Gasteiger partial charge is 0.184 e. The van der Waals surface area contributed by atoms with Gasteiger partial charge in [-0.15, -0.1) is 0 Å². The predicted octanol–water partition coefficient (Wildman–Crippen LogP) is 3.75. The van der Waals surface area contributed by atoms with Crippen molar-refractivity contribution in [2.45, 2.75) is 32.4 Å². The summed E-state index contributed by atoms with van der Waals surface area (Å²) in [5.74, 6) is -0.0751. The zero-order valence-corrected chi connectivity index (χ0v) is 16.9. The summed E-state index contributed by atoms with van der Waals surface area (Å²) in [5.41, 5.74) is 1.26. The molecule has 0 fully saturated rings. The van der Waals surface area contributed by atoms with Gasteiger partial charge in [0.25, 0.3) is 0 Å². The van der Waals surface area contributed by atoms with Crippen molar-refractivity contribution in [3.8, 4) is 0 Å². The summed E-state index contributed by atoms with van der Waals surface area (Å²) in [5, 5.41) is 6.03. The number of benzene rings is 2. The molecule has 27 heavy (non-hydrogen) atoms. The molecule has 2 atom stereocenters. The Labute approximate surface area is 170 Å². The Bertz CT molecular complexity index is 753. The normalized spacial score (nSPS) is 12.5. The van der Waals surface area contributed by atoms with Crippen LogP contribution in [-0.4, -0.2) is 33.6 Å². The number of rotatable bonds is 8. The van der Waals surface area contributed by atoms with Gasteiger partial charge in [-0.25, -0.2) is 0 Å². The Morgan fingerprint density at radius 3 is 1.41 bits per heavy atom. The molecule has 0 radical (unpaired) electrons. The van der Waals surface area contributed by atoms with Crippen molar-refractivity contribution in [2.24, 2.45) is 0 Å². The lowest BCUT2D eigenvalue weighted by atomic mass is 10.1. The molecule has 0 heterocycles. The molecule has 2 unspecified atom stereocenters. The van der Waals surface area contributed by atoms with Crippen LogP contribution < -0.4 is 10.6 Å². The molecule has 0 saturated heterocycles. The van der Waals surface area contributed by atoms with E-state index in [0.29, 0.717) is 21.1 Å². The molecule has 0 aromatic heterocycles. The second kappa shape index (κ2) is 10.0. The molecular formula is C21H22N2O2S2. The molecule has 2 aromatic rings. The highest BCUT2D eigenvalue weighted by molar-refractivity contribution is 7.82. The summed E-state index contributed by atoms with van der Waals surface area (Å²) in [7, 11) is 0. The van der Waals surface area contributed by atoms with E-state index in [1.807, 2.05) is 36.4 Å². The van der Waals surface area contributed by atoms with E-state index in [-0.39, 0.29) is 18.0 Å². The molecule has 0 amide bonds. The number of ketones is 2. The average molecular weight is 399 g/mol. The van der Waals surface area contributed by atoms with Gasteiger partial charge in [0, 0.05) is 17.5 Å². The summed E-state index contributed by atoms with van der Waals surface area (Å²) >= 11 is 10.6. The second-order valence-corrected chi connectivity index (χ2v) is 7.20. The summed E-state index contributed by atoms with van der Waals surface area (Å²) in [6, 6.07) is 17.2. The van der Waals surface area contributed by atoms with Crippen LogP contribution >= 0.6 is 24.4 Å². The van der Waals surface area contributed by atoms with Gasteiger partial charge < -0.3 is 10.6 Å². The van der Waals surface area contributed by atoms with Gasteiger partial charge in [-0.1, -0.05) is 85.1 Å². The molecule has 2 rings (SSSR count). The van der Waals surface area contributed by atoms with Crippen LogP contribution in [0.3, 0.4) is 0 Å². The van der Waals surface area contributed by atoms with Crippen molar-refractivity contribution in [2.75, 3.05) is 0 Å². The number of thiocarbonyl (C=S) groups is 2. The van der Waals surface area contributed by atoms with Crippen LogP contribution in [0.5, 0.6) is 0 Å². The highest BCUT2D eigenvalue weighted by Crippen LogP contribution is 2.06. The first-order valence-electron chi connectivity index (χ1n) is 8.65. The van der Waals surface area contributed by atoms with Gasteiger partial charge >= 0.3 is 0 Å². The molecule has 2 N–H and O–H groups in total. The van der Waals surface area contributed by atoms with E-state index in [9.17, 15) is 9.59 Å². The van der Waals surface area contributed by atoms with Gasteiger partial charge in [-0.3, -0.25) is 9.59 Å². The third-order valence-electron chi connectivity index (χ3n) is 3.98. The van der Waals surface area contributed by atoms with Gasteiger partial charge in [0.2, 0.25) is 0 Å². The minimum Gasteiger partial charge on any atom is -0.369 e. The zero-order chi connectivity index (χ0) is 19.8. The van der Waals surface area contributed by atoms with Crippen LogP contribution in [0.4, 0.5) is 0 Å². The largest absolute Gasteiger partial charge is 0.369 e. The molecule has 2 aromatic carbocycles. The lowest BCUT2D eigenvalue weighted by molar-refractivity contribution is 0.0953. The Kier molecular flexibility index (Phi) is 7.76. The van der Waals surface area contributed by atoms with Crippen LogP contribution in [0.2, 0.25) is 0 Å². The number of nitrogens with one attached hydrogen (secondary N) is 2. The van der Waals surface area contributed by atoms with Crippen molar-refractivity contribution in [1.29, 1.82) is 0 Å². The quantitative estimate of drug-likeness (QED) is 0.522. The van der Waals surface area contributed by atoms with Crippen molar-refractivity contribution >= 4 is 46.0 Å². The fraction of sp³-hybridized carbons (Fsp3) is 0.238. The van der Waals surface area contributed by atoms with Crippen molar-refractivity contribution in [3.63, 3.8) is 0 Å². The fourth-order valence-electron chi connectivity index (χ4n) is 2.57. The third kappa shape index (κ3) is 6.34. The molecule has 0 spiro atoms. The standard InChI is InChI=1S/C21H22N2O2S2/c1-14(20(24)16-9-5-3-6-10-16)22-18(26)13-19(27)23-15(2)21(25)17-11-7-4-8-12-17/h3-12,14-15H,13H2,1-2H3,(H,22,26)(H,23,27). The van der Waals surface area contributed by atoms with Crippen LogP contribution in [0, 0.1) is 0 Å². The minimum absolute atomic E-state index is 0.0375. The van der Waals surface area contributed by atoms with Crippen LogP contribution in [0.15, 0.2) is 60.7 Å². The number of Topliss-reactive ketones (excluding diaryl/α,β-unsaturated/α-hetero) is 2. The van der Waals surface area contributed by atoms with E-state index >= 15 is 0 Å². The van der Waals surface area contributed by atoms with Crippen molar-refractivity contribution < 1.29 is 9.59 Å². The molecule has 0 bridgehead atoms. The zero-order valence-electron chi connectivity index (χ0n) is 15.3. The van der Waals surface area contributed by atoms with Crippen molar-refractivity contribution in [3.05, 3.63) is 71.8 Å². The van der Waals surface area contributed by atoms with E-state index in [2.05, 4.69) is 10.6 Å². The van der Waals surface area contributed by atoms with Gasteiger partial charge in [-0.2, -0.15) is 0 Å². The van der Waals surface area contributed by atoms with E-state index in [4.69, 9.17) is 24.4 Å². The van der Waals surface area contributed by atoms with Gasteiger partial charge in [0.15, 0.2) is 11.6 Å². The van der Waals surface area contributed by atoms with E-state index < -0.39 is 12.1 Å². The predicted molar refractivity (Wildman–Crippen MR) is 117 cm³/mol. The maximum Gasteiger partial charge on any atom is 0.184 e. The van der Waals surface area contributed by atoms with Crippen molar-refractivity contribution in [1.82, 2.24) is 10.6 Å². The molecule has 6 heteroatoms. The summed E-state index contributed by atoms with van der Waals surface area (Å²) in [4.78, 5) is 25.7. The van der Waals surface area contributed by atoms with Gasteiger partial charge in [0.1, 0.15) is 0 Å². The summed E-state index contributed by atoms with van der Waals surface area (Å²) < 4.78 is 0. The summed E-state index contributed by atoms with van der Waals surface area (Å²) in [6.07, 6.45) is 0.281. The number of hydrogen-bond acceptors (Lipinski definition) is 4. The maximum atomic E-state index is 12.4. The first-order chi connectivity index (χ1) is 12.9. The third-order valence-corrected chi connectivity index (χ3v) is 4.50.